The fourth-order valence-corrected chi connectivity index (χ4v) is 5.44. The average molecular weight is 682 g/mol. The van der Waals surface area contributed by atoms with E-state index in [1.807, 2.05) is 0 Å². The minimum Gasteiger partial charge on any atom is -0.371 e. The molecule has 1 aliphatic carbocycles. The molecule has 2 aliphatic rings. The first-order valence-corrected chi connectivity index (χ1v) is 15.0. The lowest BCUT2D eigenvalue weighted by Gasteiger charge is -2.35. The summed E-state index contributed by atoms with van der Waals surface area (Å²) in [6.07, 6.45) is -7.36. The molecule has 1 saturated heterocycles. The van der Waals surface area contributed by atoms with Crippen LogP contribution in [0.15, 0.2) is 30.3 Å². The Hall–Kier alpha value is -3.19. The molecule has 15 heteroatoms. The Morgan fingerprint density at radius 1 is 0.889 bits per heavy atom. The lowest BCUT2D eigenvalue weighted by Crippen LogP contribution is -2.46. The molecule has 0 atom stereocenters. The molecule has 1 heterocycles. The Balaban J connectivity index is 1.54. The van der Waals surface area contributed by atoms with Crippen molar-refractivity contribution in [1.29, 1.82) is 0 Å². The summed E-state index contributed by atoms with van der Waals surface area (Å²) in [5, 5.41) is 7.38. The van der Waals surface area contributed by atoms with Gasteiger partial charge in [0.2, 0.25) is 5.91 Å². The number of halogens is 8. The number of piperidine rings is 1. The first kappa shape index (κ1) is 34.7. The van der Waals surface area contributed by atoms with Gasteiger partial charge in [0.25, 0.3) is 11.8 Å². The molecule has 45 heavy (non-hydrogen) atoms. The summed E-state index contributed by atoms with van der Waals surface area (Å²) in [6, 6.07) is 7.12. The molecule has 2 fully saturated rings. The quantitative estimate of drug-likeness (QED) is 0.241. The predicted octanol–water partition coefficient (Wildman–Crippen LogP) is 7.37. The smallest absolute Gasteiger partial charge is 0.371 e. The highest BCUT2D eigenvalue weighted by Crippen LogP contribution is 2.39. The van der Waals surface area contributed by atoms with E-state index in [0.717, 1.165) is 26.7 Å². The molecule has 0 radical (unpaired) electrons. The van der Waals surface area contributed by atoms with Crippen LogP contribution in [0.5, 0.6) is 0 Å². The molecule has 2 aromatic rings. The second kappa shape index (κ2) is 13.3. The van der Waals surface area contributed by atoms with E-state index in [1.165, 1.54) is 24.3 Å². The molecule has 2 aromatic carbocycles. The maximum absolute atomic E-state index is 13.3. The van der Waals surface area contributed by atoms with Crippen LogP contribution < -0.4 is 20.9 Å². The fraction of sp³-hybridized carbons (Fsp3) is 0.500. The zero-order valence-electron chi connectivity index (χ0n) is 24.4. The van der Waals surface area contributed by atoms with Crippen LogP contribution in [0.25, 0.3) is 0 Å². The summed E-state index contributed by atoms with van der Waals surface area (Å²) in [6.45, 7) is 1.68. The predicted molar refractivity (Wildman–Crippen MR) is 159 cm³/mol. The van der Waals surface area contributed by atoms with Gasteiger partial charge in [-0.25, -0.2) is 0 Å². The van der Waals surface area contributed by atoms with Crippen molar-refractivity contribution in [3.63, 3.8) is 0 Å². The minimum atomic E-state index is -4.80. The molecule has 7 nitrogen and oxygen atoms in total. The number of alkyl halides is 6. The molecule has 1 aliphatic heterocycles. The normalized spacial score (nSPS) is 16.4. The number of hydrogen-bond acceptors (Lipinski definition) is 4. The van der Waals surface area contributed by atoms with E-state index in [4.69, 9.17) is 23.2 Å². The van der Waals surface area contributed by atoms with Gasteiger partial charge in [0.05, 0.1) is 27.1 Å². The third-order valence-electron chi connectivity index (χ3n) is 8.16. The number of nitrogens with zero attached hydrogens (tertiary/aromatic N) is 1. The Bertz CT molecular complexity index is 1450. The standard InChI is InChI=1S/C30H32Cl2F6N4O3/c1-28(2,30(36,37)38)27(45)40-15-17-5-7-21(31)23(24(17)32)26(44)41-19-6-8-22(20(13-19)25(43)39-14-16-3-4-16)42-11-9-18(10-12-42)29(33,34)35/h5-8,13,16,18H,3-4,9-12,14-15H2,1-2H3,(H,39,43)(H,40,45)(H,41,44). The van der Waals surface area contributed by atoms with E-state index in [2.05, 4.69) is 16.0 Å². The average Bonchev–Trinajstić information content (AvgIpc) is 3.79. The summed E-state index contributed by atoms with van der Waals surface area (Å²) >= 11 is 12.7. The van der Waals surface area contributed by atoms with Gasteiger partial charge in [0.1, 0.15) is 5.41 Å². The summed E-state index contributed by atoms with van der Waals surface area (Å²) in [5.74, 6) is -3.58. The monoisotopic (exact) mass is 680 g/mol. The van der Waals surface area contributed by atoms with Crippen LogP contribution in [0, 0.1) is 17.3 Å². The van der Waals surface area contributed by atoms with Crippen molar-refractivity contribution in [1.82, 2.24) is 10.6 Å². The summed E-state index contributed by atoms with van der Waals surface area (Å²) in [4.78, 5) is 40.5. The van der Waals surface area contributed by atoms with Gasteiger partial charge in [-0.1, -0.05) is 29.3 Å². The number of anilines is 2. The highest BCUT2D eigenvalue weighted by molar-refractivity contribution is 6.40. The Morgan fingerprint density at radius 2 is 1.53 bits per heavy atom. The largest absolute Gasteiger partial charge is 0.402 e. The van der Waals surface area contributed by atoms with Crippen molar-refractivity contribution in [2.75, 3.05) is 29.9 Å². The van der Waals surface area contributed by atoms with E-state index in [1.54, 1.807) is 11.0 Å². The summed E-state index contributed by atoms with van der Waals surface area (Å²) in [7, 11) is 0. The van der Waals surface area contributed by atoms with Gasteiger partial charge >= 0.3 is 12.4 Å². The number of rotatable bonds is 9. The van der Waals surface area contributed by atoms with Crippen LogP contribution in [0.3, 0.4) is 0 Å². The number of amides is 3. The Morgan fingerprint density at radius 3 is 2.11 bits per heavy atom. The maximum Gasteiger partial charge on any atom is 0.402 e. The third kappa shape index (κ3) is 8.16. The lowest BCUT2D eigenvalue weighted by molar-refractivity contribution is -0.211. The van der Waals surface area contributed by atoms with Crippen molar-refractivity contribution in [2.45, 2.75) is 58.4 Å². The van der Waals surface area contributed by atoms with Gasteiger partial charge in [-0.15, -0.1) is 0 Å². The summed E-state index contributed by atoms with van der Waals surface area (Å²) < 4.78 is 79.4. The third-order valence-corrected chi connectivity index (χ3v) is 8.91. The van der Waals surface area contributed by atoms with E-state index >= 15 is 0 Å². The van der Waals surface area contributed by atoms with Crippen LogP contribution >= 0.6 is 23.2 Å². The number of nitrogens with one attached hydrogen (secondary N) is 3. The molecule has 0 bridgehead atoms. The van der Waals surface area contributed by atoms with E-state index < -0.39 is 48.0 Å². The summed E-state index contributed by atoms with van der Waals surface area (Å²) in [5.41, 5.74) is -1.98. The van der Waals surface area contributed by atoms with E-state index in [-0.39, 0.29) is 58.4 Å². The fourth-order valence-electron chi connectivity index (χ4n) is 4.83. The molecule has 1 saturated carbocycles. The second-order valence-corrected chi connectivity index (χ2v) is 12.6. The molecule has 246 valence electrons. The maximum atomic E-state index is 13.3. The first-order valence-electron chi connectivity index (χ1n) is 14.3. The van der Waals surface area contributed by atoms with Crippen molar-refractivity contribution in [3.05, 3.63) is 57.1 Å². The van der Waals surface area contributed by atoms with E-state index in [0.29, 0.717) is 18.2 Å². The highest BCUT2D eigenvalue weighted by Gasteiger charge is 2.52. The molecule has 0 aromatic heterocycles. The SMILES string of the molecule is CC(C)(C(=O)NCc1ccc(Cl)c(C(=O)Nc2ccc(N3CCC(C(F)(F)F)CC3)c(C(=O)NCC3CC3)c2)c1Cl)C(F)(F)F. The lowest BCUT2D eigenvalue weighted by atomic mass is 9.91. The first-order chi connectivity index (χ1) is 20.9. The van der Waals surface area contributed by atoms with Crippen molar-refractivity contribution < 1.29 is 40.7 Å². The molecule has 0 spiro atoms. The number of benzene rings is 2. The second-order valence-electron chi connectivity index (χ2n) is 11.8. The molecule has 3 amide bonds. The van der Waals surface area contributed by atoms with Crippen LogP contribution in [0.2, 0.25) is 10.0 Å². The molecular weight excluding hydrogens is 649 g/mol. The highest BCUT2D eigenvalue weighted by atomic mass is 35.5. The van der Waals surface area contributed by atoms with Gasteiger partial charge in [-0.3, -0.25) is 14.4 Å². The van der Waals surface area contributed by atoms with E-state index in [9.17, 15) is 40.7 Å². The number of hydrogen-bond donors (Lipinski definition) is 3. The van der Waals surface area contributed by atoms with Crippen LogP contribution in [-0.4, -0.2) is 49.7 Å². The molecule has 0 unspecified atom stereocenters. The minimum absolute atomic E-state index is 0.0743. The topological polar surface area (TPSA) is 90.5 Å². The van der Waals surface area contributed by atoms with Crippen LogP contribution in [0.1, 0.15) is 65.8 Å². The van der Waals surface area contributed by atoms with Gasteiger partial charge < -0.3 is 20.9 Å². The Kier molecular flexibility index (Phi) is 10.2. The zero-order chi connectivity index (χ0) is 33.3. The number of carbonyl (C=O) groups is 3. The molecular formula is C30H32Cl2F6N4O3. The molecule has 4 rings (SSSR count). The molecule has 3 N–H and O–H groups in total. The number of carbonyl (C=O) groups excluding carboxylic acids is 3. The van der Waals surface area contributed by atoms with Crippen molar-refractivity contribution >= 4 is 52.3 Å². The Labute approximate surface area is 266 Å². The van der Waals surface area contributed by atoms with Gasteiger partial charge in [-0.2, -0.15) is 26.3 Å². The van der Waals surface area contributed by atoms with Gasteiger partial charge in [0, 0.05) is 37.6 Å². The van der Waals surface area contributed by atoms with Gasteiger partial charge in [-0.05, 0) is 75.3 Å². The van der Waals surface area contributed by atoms with Gasteiger partial charge in [0.15, 0.2) is 0 Å². The van der Waals surface area contributed by atoms with Crippen molar-refractivity contribution in [3.8, 4) is 0 Å². The zero-order valence-corrected chi connectivity index (χ0v) is 25.9. The van der Waals surface area contributed by atoms with Crippen LogP contribution in [0.4, 0.5) is 37.7 Å². The van der Waals surface area contributed by atoms with Crippen LogP contribution in [-0.2, 0) is 11.3 Å². The van der Waals surface area contributed by atoms with Crippen molar-refractivity contribution in [2.24, 2.45) is 17.3 Å².